The monoisotopic (exact) mass is 412 g/mol. The number of aliphatic hydroxyl groups is 1. The van der Waals surface area contributed by atoms with Gasteiger partial charge in [-0.25, -0.2) is 4.79 Å². The van der Waals surface area contributed by atoms with Crippen LogP contribution in [0.3, 0.4) is 0 Å². The Morgan fingerprint density at radius 2 is 2.16 bits per heavy atom. The summed E-state index contributed by atoms with van der Waals surface area (Å²) in [7, 11) is 1.26. The van der Waals surface area contributed by atoms with Crippen LogP contribution in [0, 0.1) is 0 Å². The third-order valence-corrected chi connectivity index (χ3v) is 4.01. The Bertz CT molecular complexity index is 702. The van der Waals surface area contributed by atoms with Crippen LogP contribution in [0.25, 0.3) is 0 Å². The molecule has 136 valence electrons. The number of amides is 1. The van der Waals surface area contributed by atoms with Crippen LogP contribution >= 0.6 is 15.9 Å². The van der Waals surface area contributed by atoms with E-state index in [4.69, 9.17) is 14.6 Å². The number of hydrogen-bond donors (Lipinski definition) is 2. The molecule has 1 aliphatic heterocycles. The Balaban J connectivity index is 2.38. The number of aliphatic hydroxyl groups excluding tert-OH is 1. The van der Waals surface area contributed by atoms with Gasteiger partial charge in [-0.15, -0.1) is 0 Å². The third kappa shape index (κ3) is 4.52. The number of anilines is 1. The van der Waals surface area contributed by atoms with Gasteiger partial charge >= 0.3 is 5.97 Å². The van der Waals surface area contributed by atoms with Crippen molar-refractivity contribution in [2.24, 2.45) is 0 Å². The number of methoxy groups -OCH3 is 1. The minimum Gasteiger partial charge on any atom is -0.489 e. The summed E-state index contributed by atoms with van der Waals surface area (Å²) in [6.45, 7) is 3.83. The van der Waals surface area contributed by atoms with Crippen LogP contribution in [-0.4, -0.2) is 54.8 Å². The van der Waals surface area contributed by atoms with Gasteiger partial charge in [0.1, 0.15) is 11.4 Å². The van der Waals surface area contributed by atoms with E-state index in [-0.39, 0.29) is 43.0 Å². The maximum atomic E-state index is 12.6. The first-order chi connectivity index (χ1) is 11.9. The molecule has 0 unspecified atom stereocenters. The van der Waals surface area contributed by atoms with Crippen LogP contribution in [0.4, 0.5) is 5.69 Å². The average Bonchev–Trinajstić information content (AvgIpc) is 2.86. The number of β-amino-alcohol motifs (C(OH)–C–C–N with tert-alkyl or cyclic N) is 1. The normalized spacial score (nSPS) is 14.3. The summed E-state index contributed by atoms with van der Waals surface area (Å²) in [6.07, 6.45) is -0.0610. The topological polar surface area (TPSA) is 88.1 Å². The second-order valence-electron chi connectivity index (χ2n) is 5.73. The van der Waals surface area contributed by atoms with Crippen molar-refractivity contribution in [3.05, 3.63) is 33.9 Å². The van der Waals surface area contributed by atoms with E-state index in [1.165, 1.54) is 12.0 Å². The molecule has 8 heteroatoms. The summed E-state index contributed by atoms with van der Waals surface area (Å²) in [5.74, 6) is -0.401. The van der Waals surface area contributed by atoms with Crippen molar-refractivity contribution in [2.75, 3.05) is 32.1 Å². The summed E-state index contributed by atoms with van der Waals surface area (Å²) in [5, 5.41) is 12.1. The number of halogens is 1. The average molecular weight is 413 g/mol. The molecule has 1 heterocycles. The highest BCUT2D eigenvalue weighted by molar-refractivity contribution is 9.10. The quantitative estimate of drug-likeness (QED) is 0.665. The molecule has 1 aliphatic rings. The molecular weight excluding hydrogens is 392 g/mol. The molecule has 0 spiro atoms. The molecule has 0 radical (unpaired) electrons. The van der Waals surface area contributed by atoms with Gasteiger partial charge in [0.25, 0.3) is 5.91 Å². The van der Waals surface area contributed by atoms with E-state index in [0.717, 1.165) is 4.47 Å². The highest BCUT2D eigenvalue weighted by atomic mass is 79.9. The van der Waals surface area contributed by atoms with Crippen LogP contribution < -0.4 is 10.1 Å². The highest BCUT2D eigenvalue weighted by Gasteiger charge is 2.34. The largest absolute Gasteiger partial charge is 0.489 e. The standard InChI is InChI=1S/C17H21BrN2O5/c1-10(2)25-14-8-11(18)4-5-13(14)19-15-12(17(23)24-3)9-20(6-7-21)16(15)22/h4-5,8,10,19,21H,6-7,9H2,1-3H3. The van der Waals surface area contributed by atoms with Gasteiger partial charge in [-0.2, -0.15) is 0 Å². The summed E-state index contributed by atoms with van der Waals surface area (Å²) >= 11 is 3.39. The molecule has 0 bridgehead atoms. The van der Waals surface area contributed by atoms with E-state index < -0.39 is 5.97 Å². The number of benzene rings is 1. The van der Waals surface area contributed by atoms with Crippen LogP contribution in [-0.2, 0) is 14.3 Å². The van der Waals surface area contributed by atoms with Crippen molar-refractivity contribution in [3.63, 3.8) is 0 Å². The molecule has 0 atom stereocenters. The molecule has 0 saturated carbocycles. The Hall–Kier alpha value is -2.06. The van der Waals surface area contributed by atoms with E-state index in [0.29, 0.717) is 11.4 Å². The van der Waals surface area contributed by atoms with Gasteiger partial charge in [-0.1, -0.05) is 15.9 Å². The van der Waals surface area contributed by atoms with Gasteiger partial charge in [0.15, 0.2) is 0 Å². The molecule has 1 aromatic carbocycles. The number of hydrogen-bond acceptors (Lipinski definition) is 6. The molecule has 1 amide bonds. The van der Waals surface area contributed by atoms with E-state index in [2.05, 4.69) is 21.2 Å². The van der Waals surface area contributed by atoms with Crippen molar-refractivity contribution in [3.8, 4) is 5.75 Å². The molecule has 2 rings (SSSR count). The lowest BCUT2D eigenvalue weighted by molar-refractivity contribution is -0.136. The van der Waals surface area contributed by atoms with Crippen LogP contribution in [0.5, 0.6) is 5.75 Å². The molecule has 25 heavy (non-hydrogen) atoms. The maximum absolute atomic E-state index is 12.6. The fourth-order valence-corrected chi connectivity index (χ4v) is 2.77. The van der Waals surface area contributed by atoms with Crippen LogP contribution in [0.2, 0.25) is 0 Å². The third-order valence-electron chi connectivity index (χ3n) is 3.52. The summed E-state index contributed by atoms with van der Waals surface area (Å²) in [5.41, 5.74) is 0.920. The predicted molar refractivity (Wildman–Crippen MR) is 96.2 cm³/mol. The zero-order valence-electron chi connectivity index (χ0n) is 14.3. The first-order valence-electron chi connectivity index (χ1n) is 7.82. The number of ether oxygens (including phenoxy) is 2. The van der Waals surface area contributed by atoms with E-state index in [1.54, 1.807) is 18.2 Å². The van der Waals surface area contributed by atoms with Crippen LogP contribution in [0.15, 0.2) is 33.9 Å². The number of carbonyl (C=O) groups excluding carboxylic acids is 2. The van der Waals surface area contributed by atoms with Gasteiger partial charge in [0.2, 0.25) is 0 Å². The van der Waals surface area contributed by atoms with E-state index in [9.17, 15) is 9.59 Å². The van der Waals surface area contributed by atoms with Crippen molar-refractivity contribution in [1.82, 2.24) is 4.90 Å². The summed E-state index contributed by atoms with van der Waals surface area (Å²) in [6, 6.07) is 5.34. The molecule has 0 aromatic heterocycles. The van der Waals surface area contributed by atoms with Gasteiger partial charge in [-0.3, -0.25) is 4.79 Å². The number of nitrogens with one attached hydrogen (secondary N) is 1. The molecule has 7 nitrogen and oxygen atoms in total. The smallest absolute Gasteiger partial charge is 0.337 e. The summed E-state index contributed by atoms with van der Waals surface area (Å²) < 4.78 is 11.4. The fourth-order valence-electron chi connectivity index (χ4n) is 2.43. The van der Waals surface area contributed by atoms with Crippen molar-refractivity contribution in [1.29, 1.82) is 0 Å². The number of nitrogens with zero attached hydrogens (tertiary/aromatic N) is 1. The SMILES string of the molecule is COC(=O)C1=C(Nc2ccc(Br)cc2OC(C)C)C(=O)N(CCO)C1. The van der Waals surface area contributed by atoms with Crippen LogP contribution in [0.1, 0.15) is 13.8 Å². The van der Waals surface area contributed by atoms with Gasteiger partial charge < -0.3 is 24.8 Å². The Morgan fingerprint density at radius 3 is 2.76 bits per heavy atom. The molecule has 0 saturated heterocycles. The van der Waals surface area contributed by atoms with E-state index in [1.807, 2.05) is 13.8 Å². The van der Waals surface area contributed by atoms with Gasteiger partial charge in [-0.05, 0) is 32.0 Å². The number of rotatable bonds is 7. The molecule has 2 N–H and O–H groups in total. The predicted octanol–water partition coefficient (Wildman–Crippen LogP) is 1.91. The van der Waals surface area contributed by atoms with Crippen molar-refractivity contribution < 1.29 is 24.2 Å². The second kappa shape index (κ2) is 8.35. The first kappa shape index (κ1) is 19.3. The Labute approximate surface area is 154 Å². The van der Waals surface area contributed by atoms with Crippen molar-refractivity contribution >= 4 is 33.5 Å². The van der Waals surface area contributed by atoms with Gasteiger partial charge in [0, 0.05) is 11.0 Å². The van der Waals surface area contributed by atoms with Gasteiger partial charge in [0.05, 0.1) is 37.6 Å². The lowest BCUT2D eigenvalue weighted by Crippen LogP contribution is -2.31. The molecule has 0 fully saturated rings. The first-order valence-corrected chi connectivity index (χ1v) is 8.61. The summed E-state index contributed by atoms with van der Waals surface area (Å²) in [4.78, 5) is 26.0. The zero-order chi connectivity index (χ0) is 18.6. The molecule has 1 aromatic rings. The number of esters is 1. The Kier molecular flexibility index (Phi) is 6.44. The molecular formula is C17H21BrN2O5. The number of carbonyl (C=O) groups is 2. The minimum absolute atomic E-state index is 0.0610. The fraction of sp³-hybridized carbons (Fsp3) is 0.412. The molecule has 0 aliphatic carbocycles. The Morgan fingerprint density at radius 1 is 1.44 bits per heavy atom. The zero-order valence-corrected chi connectivity index (χ0v) is 15.9. The van der Waals surface area contributed by atoms with Crippen molar-refractivity contribution in [2.45, 2.75) is 20.0 Å². The lowest BCUT2D eigenvalue weighted by atomic mass is 10.2. The van der Waals surface area contributed by atoms with E-state index >= 15 is 0 Å². The lowest BCUT2D eigenvalue weighted by Gasteiger charge is -2.17. The second-order valence-corrected chi connectivity index (χ2v) is 6.64. The minimum atomic E-state index is -0.584. The highest BCUT2D eigenvalue weighted by Crippen LogP contribution is 2.32. The maximum Gasteiger partial charge on any atom is 0.337 e.